The number of fused-ring (bicyclic) bond motifs is 1. The minimum Gasteiger partial charge on any atom is -0.479 e. The molecule has 30 heavy (non-hydrogen) atoms. The Balaban J connectivity index is 1.46. The van der Waals surface area contributed by atoms with Gasteiger partial charge in [0.1, 0.15) is 17.0 Å². The van der Waals surface area contributed by atoms with Crippen molar-refractivity contribution < 1.29 is 9.47 Å². The van der Waals surface area contributed by atoms with Crippen LogP contribution in [0, 0.1) is 6.92 Å². The molecule has 0 radical (unpaired) electrons. The van der Waals surface area contributed by atoms with Crippen LogP contribution in [-0.4, -0.2) is 43.0 Å². The molecule has 0 bridgehead atoms. The monoisotopic (exact) mass is 447 g/mol. The number of hydrogen-bond acceptors (Lipinski definition) is 7. The van der Waals surface area contributed by atoms with Crippen LogP contribution in [0.3, 0.4) is 0 Å². The Morgan fingerprint density at radius 1 is 1.20 bits per heavy atom. The highest BCUT2D eigenvalue weighted by Crippen LogP contribution is 2.29. The first-order chi connectivity index (χ1) is 14.5. The number of aromatic nitrogens is 6. The molecular weight excluding hydrogens is 429 g/mol. The van der Waals surface area contributed by atoms with Gasteiger partial charge in [-0.25, -0.2) is 14.6 Å². The molecule has 0 saturated carbocycles. The number of hydrogen-bond donors (Lipinski definition) is 1. The van der Waals surface area contributed by atoms with E-state index in [-0.39, 0.29) is 5.28 Å². The lowest BCUT2D eigenvalue weighted by atomic mass is 10.3. The second-order valence-corrected chi connectivity index (χ2v) is 7.24. The number of anilines is 1. The Hall–Kier alpha value is -3.04. The average molecular weight is 448 g/mol. The maximum atomic E-state index is 6.24. The maximum absolute atomic E-state index is 6.24. The molecule has 4 rings (SSSR count). The van der Waals surface area contributed by atoms with Gasteiger partial charge in [-0.05, 0) is 37.1 Å². The average Bonchev–Trinajstić information content (AvgIpc) is 3.21. The van der Waals surface area contributed by atoms with Crippen LogP contribution >= 0.6 is 23.2 Å². The van der Waals surface area contributed by atoms with Crippen LogP contribution in [0.25, 0.3) is 16.7 Å². The first kappa shape index (κ1) is 20.2. The topological polar surface area (TPSA) is 106 Å². The molecule has 4 aromatic heterocycles. The Morgan fingerprint density at radius 2 is 2.03 bits per heavy atom. The summed E-state index contributed by atoms with van der Waals surface area (Å²) in [4.78, 5) is 12.4. The van der Waals surface area contributed by atoms with Gasteiger partial charge in [0, 0.05) is 25.1 Å². The summed E-state index contributed by atoms with van der Waals surface area (Å²) in [5.41, 5.74) is 8.77. The number of halogens is 2. The van der Waals surface area contributed by atoms with E-state index in [1.807, 2.05) is 17.6 Å². The van der Waals surface area contributed by atoms with Gasteiger partial charge >= 0.3 is 0 Å². The molecule has 0 amide bonds. The SMILES string of the molecule is COc1ncccc1-n1nc(OCCCn2cc(Cl)c3cnc(Cl)nc32)c(N)c1C. The smallest absolute Gasteiger partial charge is 0.257 e. The van der Waals surface area contributed by atoms with Crippen LogP contribution in [-0.2, 0) is 6.54 Å². The summed E-state index contributed by atoms with van der Waals surface area (Å²) < 4.78 is 14.7. The fraction of sp³-hybridized carbons (Fsp3) is 0.263. The van der Waals surface area contributed by atoms with Crippen molar-refractivity contribution in [3.05, 3.63) is 46.7 Å². The van der Waals surface area contributed by atoms with Crippen molar-refractivity contribution in [1.82, 2.24) is 29.3 Å². The molecule has 0 aromatic carbocycles. The molecular formula is C19H19Cl2N7O2. The van der Waals surface area contributed by atoms with Crippen LogP contribution in [0.4, 0.5) is 5.69 Å². The van der Waals surface area contributed by atoms with Gasteiger partial charge < -0.3 is 19.8 Å². The summed E-state index contributed by atoms with van der Waals surface area (Å²) in [5, 5.41) is 5.99. The lowest BCUT2D eigenvalue weighted by Gasteiger charge is -2.08. The van der Waals surface area contributed by atoms with Crippen molar-refractivity contribution in [2.45, 2.75) is 19.9 Å². The van der Waals surface area contributed by atoms with Gasteiger partial charge in [-0.3, -0.25) is 0 Å². The molecule has 0 unspecified atom stereocenters. The molecule has 156 valence electrons. The molecule has 0 spiro atoms. The van der Waals surface area contributed by atoms with Gasteiger partial charge in [-0.2, -0.15) is 4.98 Å². The number of pyridine rings is 1. The zero-order valence-corrected chi connectivity index (χ0v) is 17.9. The van der Waals surface area contributed by atoms with Gasteiger partial charge in [0.05, 0.1) is 29.8 Å². The lowest BCUT2D eigenvalue weighted by Crippen LogP contribution is -2.06. The third-order valence-corrected chi connectivity index (χ3v) is 5.10. The van der Waals surface area contributed by atoms with Crippen LogP contribution in [0.1, 0.15) is 12.1 Å². The number of ether oxygens (including phenoxy) is 2. The van der Waals surface area contributed by atoms with Crippen LogP contribution in [0.15, 0.2) is 30.7 Å². The molecule has 0 saturated heterocycles. The number of nitrogen functional groups attached to an aromatic ring is 1. The third-order valence-electron chi connectivity index (χ3n) is 4.62. The van der Waals surface area contributed by atoms with Gasteiger partial charge in [-0.1, -0.05) is 11.6 Å². The summed E-state index contributed by atoms with van der Waals surface area (Å²) in [6.07, 6.45) is 5.75. The predicted octanol–water partition coefficient (Wildman–Crippen LogP) is 3.69. The normalized spacial score (nSPS) is 11.2. The Kier molecular flexibility index (Phi) is 5.65. The standard InChI is InChI=1S/C19H19Cl2N7O2/c1-11-15(22)18(26-28(11)14-5-3-6-23-17(14)29-2)30-8-4-7-27-10-13(20)12-9-24-19(21)25-16(12)27/h3,5-6,9-10H,4,7-8,22H2,1-2H3. The highest BCUT2D eigenvalue weighted by atomic mass is 35.5. The molecule has 11 heteroatoms. The predicted molar refractivity (Wildman–Crippen MR) is 115 cm³/mol. The minimum absolute atomic E-state index is 0.175. The van der Waals surface area contributed by atoms with E-state index in [2.05, 4.69) is 20.1 Å². The first-order valence-corrected chi connectivity index (χ1v) is 9.89. The van der Waals surface area contributed by atoms with E-state index >= 15 is 0 Å². The molecule has 0 aliphatic heterocycles. The number of rotatable bonds is 7. The fourth-order valence-corrected chi connectivity index (χ4v) is 3.49. The van der Waals surface area contributed by atoms with Gasteiger partial charge in [0.15, 0.2) is 0 Å². The highest BCUT2D eigenvalue weighted by Gasteiger charge is 2.17. The van der Waals surface area contributed by atoms with E-state index in [1.54, 1.807) is 36.4 Å². The molecule has 0 aliphatic rings. The van der Waals surface area contributed by atoms with E-state index in [0.29, 0.717) is 53.4 Å². The van der Waals surface area contributed by atoms with Crippen LogP contribution < -0.4 is 15.2 Å². The summed E-state index contributed by atoms with van der Waals surface area (Å²) in [6.45, 7) is 2.90. The highest BCUT2D eigenvalue weighted by molar-refractivity contribution is 6.35. The summed E-state index contributed by atoms with van der Waals surface area (Å²) in [5.74, 6) is 0.811. The van der Waals surface area contributed by atoms with E-state index in [0.717, 1.165) is 11.1 Å². The molecule has 0 aliphatic carbocycles. The van der Waals surface area contributed by atoms with Crippen molar-refractivity contribution in [3.8, 4) is 17.4 Å². The van der Waals surface area contributed by atoms with E-state index < -0.39 is 0 Å². The van der Waals surface area contributed by atoms with Crippen molar-refractivity contribution >= 4 is 39.9 Å². The molecule has 4 heterocycles. The Bertz CT molecular complexity index is 1210. The van der Waals surface area contributed by atoms with E-state index in [9.17, 15) is 0 Å². The van der Waals surface area contributed by atoms with Gasteiger partial charge in [-0.15, -0.1) is 5.10 Å². The zero-order valence-electron chi connectivity index (χ0n) is 16.3. The number of nitrogens with zero attached hydrogens (tertiary/aromatic N) is 6. The Morgan fingerprint density at radius 3 is 2.83 bits per heavy atom. The first-order valence-electron chi connectivity index (χ1n) is 9.13. The molecule has 4 aromatic rings. The zero-order chi connectivity index (χ0) is 21.3. The molecule has 0 atom stereocenters. The van der Waals surface area contributed by atoms with Gasteiger partial charge in [0.2, 0.25) is 11.2 Å². The largest absolute Gasteiger partial charge is 0.479 e. The molecule has 2 N–H and O–H groups in total. The fourth-order valence-electron chi connectivity index (χ4n) is 3.11. The molecule has 0 fully saturated rings. The maximum Gasteiger partial charge on any atom is 0.257 e. The van der Waals surface area contributed by atoms with E-state index in [1.165, 1.54) is 0 Å². The van der Waals surface area contributed by atoms with E-state index in [4.69, 9.17) is 38.4 Å². The second kappa shape index (κ2) is 8.37. The summed E-state index contributed by atoms with van der Waals surface area (Å²) in [6, 6.07) is 3.65. The van der Waals surface area contributed by atoms with Gasteiger partial charge in [0.25, 0.3) is 5.88 Å². The quantitative estimate of drug-likeness (QED) is 0.340. The van der Waals surface area contributed by atoms with Crippen molar-refractivity contribution in [2.24, 2.45) is 0 Å². The number of aryl methyl sites for hydroxylation is 1. The number of nitrogens with two attached hydrogens (primary N) is 1. The summed E-state index contributed by atoms with van der Waals surface area (Å²) >= 11 is 12.1. The lowest BCUT2D eigenvalue weighted by molar-refractivity contribution is 0.291. The summed E-state index contributed by atoms with van der Waals surface area (Å²) in [7, 11) is 1.56. The van der Waals surface area contributed by atoms with Crippen molar-refractivity contribution in [3.63, 3.8) is 0 Å². The van der Waals surface area contributed by atoms with Crippen LogP contribution in [0.2, 0.25) is 10.3 Å². The third kappa shape index (κ3) is 3.73. The molecule has 9 nitrogen and oxygen atoms in total. The van der Waals surface area contributed by atoms with Crippen molar-refractivity contribution in [2.75, 3.05) is 19.5 Å². The van der Waals surface area contributed by atoms with Crippen molar-refractivity contribution in [1.29, 1.82) is 0 Å². The second-order valence-electron chi connectivity index (χ2n) is 6.50. The minimum atomic E-state index is 0.175. The number of methoxy groups -OCH3 is 1. The Labute approximate surface area is 182 Å². The van der Waals surface area contributed by atoms with Crippen LogP contribution in [0.5, 0.6) is 11.8 Å².